The Labute approximate surface area is 301 Å². The first kappa shape index (κ1) is 34.8. The van der Waals surface area contributed by atoms with Crippen molar-refractivity contribution in [3.05, 3.63) is 65.5 Å². The SMILES string of the molecule is CC(=O)c1nn2c3c(cc(-c4cnc(C)nc4)cc13)CCC(C)C(O)CCC(=O)NC[C@]13C4C1[C@H]3N(C(=O)C2)[C@@H]4C(=O)Nc1cccc(C(F)(F)F)n1. The minimum Gasteiger partial charge on any atom is -0.393 e. The van der Waals surface area contributed by atoms with E-state index in [0.717, 1.165) is 23.3 Å². The van der Waals surface area contributed by atoms with Crippen LogP contribution >= 0.6 is 0 Å². The van der Waals surface area contributed by atoms with Crippen molar-refractivity contribution in [2.24, 2.45) is 23.2 Å². The number of halogens is 3. The quantitative estimate of drug-likeness (QED) is 0.265. The van der Waals surface area contributed by atoms with Gasteiger partial charge in [-0.15, -0.1) is 0 Å². The lowest BCUT2D eigenvalue weighted by molar-refractivity contribution is -0.141. The first-order chi connectivity index (χ1) is 25.2. The summed E-state index contributed by atoms with van der Waals surface area (Å²) in [7, 11) is 0. The number of pyridine rings is 1. The van der Waals surface area contributed by atoms with Gasteiger partial charge < -0.3 is 20.6 Å². The smallest absolute Gasteiger partial charge is 0.393 e. The first-order valence-corrected chi connectivity index (χ1v) is 17.6. The molecule has 3 amide bonds. The van der Waals surface area contributed by atoms with Crippen molar-refractivity contribution in [2.75, 3.05) is 11.9 Å². The van der Waals surface area contributed by atoms with Crippen molar-refractivity contribution in [2.45, 2.75) is 77.4 Å². The van der Waals surface area contributed by atoms with Crippen LogP contribution in [-0.4, -0.2) is 83.0 Å². The number of aryl methyl sites for hydroxylation is 2. The van der Waals surface area contributed by atoms with E-state index < -0.39 is 41.2 Å². The molecule has 3 aromatic heterocycles. The Morgan fingerprint density at radius 2 is 1.81 bits per heavy atom. The van der Waals surface area contributed by atoms with Gasteiger partial charge in [-0.25, -0.2) is 15.0 Å². The van der Waals surface area contributed by atoms with Crippen molar-refractivity contribution in [1.82, 2.24) is 34.9 Å². The number of piperidine rings is 1. The molecule has 1 spiro atoms. The number of alkyl halides is 3. The molecule has 13 nitrogen and oxygen atoms in total. The van der Waals surface area contributed by atoms with E-state index in [9.17, 15) is 37.5 Å². The third-order valence-electron chi connectivity index (χ3n) is 11.5. The highest BCUT2D eigenvalue weighted by Gasteiger charge is 2.96. The number of hydrogen-bond acceptors (Lipinski definition) is 9. The summed E-state index contributed by atoms with van der Waals surface area (Å²) in [5.74, 6) is -2.02. The standard InChI is InChI=1S/C37H37F3N8O5/c1-17-7-8-20-11-21(22-13-41-19(3)42-14-22)12-23-31(18(2)49)46-47(32(20)23)15-28(52)48-33(35(53)45-26-6-4-5-25(44-26)37(38,39)40)29-30-34(48)36(29,30)16-43-27(51)10-9-24(17)50/h4-6,11-14,17,24,29-30,33-34,50H,7-10,15-16H2,1-3H3,(H,43,51)(H,44,45,53)/t17?,24?,29?,30?,33-,34+,36-/m0/s1. The number of aromatic nitrogens is 5. The van der Waals surface area contributed by atoms with Gasteiger partial charge in [-0.2, -0.15) is 18.3 Å². The number of aliphatic hydroxyl groups excluding tert-OH is 1. The van der Waals surface area contributed by atoms with Gasteiger partial charge in [-0.3, -0.25) is 23.9 Å². The highest BCUT2D eigenvalue weighted by Crippen LogP contribution is 2.87. The fourth-order valence-corrected chi connectivity index (χ4v) is 8.70. The normalized spacial score (nSPS) is 28.2. The van der Waals surface area contributed by atoms with Crippen LogP contribution in [0.25, 0.3) is 22.0 Å². The molecule has 4 unspecified atom stereocenters. The zero-order valence-corrected chi connectivity index (χ0v) is 29.1. The summed E-state index contributed by atoms with van der Waals surface area (Å²) < 4.78 is 41.7. The minimum absolute atomic E-state index is 0.0806. The molecule has 9 rings (SSSR count). The van der Waals surface area contributed by atoms with Crippen LogP contribution in [-0.2, 0) is 33.5 Å². The van der Waals surface area contributed by atoms with E-state index in [1.54, 1.807) is 19.3 Å². The second-order valence-electron chi connectivity index (χ2n) is 14.8. The number of nitrogens with zero attached hydrogens (tertiary/aromatic N) is 6. The molecular formula is C37H37F3N8O5. The third-order valence-corrected chi connectivity index (χ3v) is 11.5. The molecule has 7 atom stereocenters. The molecule has 5 aliphatic rings. The van der Waals surface area contributed by atoms with Gasteiger partial charge in [0.1, 0.15) is 35.6 Å². The number of amides is 3. The molecule has 4 aromatic rings. The Morgan fingerprint density at radius 1 is 1.06 bits per heavy atom. The minimum atomic E-state index is -4.72. The molecule has 4 bridgehead atoms. The van der Waals surface area contributed by atoms with E-state index >= 15 is 0 Å². The number of Topliss-reactive ketones (excluding diaryl/α,β-unsaturated/α-hetero) is 1. The van der Waals surface area contributed by atoms with Crippen LogP contribution in [0.2, 0.25) is 0 Å². The summed E-state index contributed by atoms with van der Waals surface area (Å²) in [5, 5.41) is 21.6. The maximum Gasteiger partial charge on any atom is 0.433 e. The van der Waals surface area contributed by atoms with E-state index in [-0.39, 0.29) is 72.9 Å². The van der Waals surface area contributed by atoms with Gasteiger partial charge >= 0.3 is 6.18 Å². The number of anilines is 1. The number of carbonyl (C=O) groups excluding carboxylic acids is 4. The topological polar surface area (TPSA) is 172 Å². The molecule has 3 aliphatic heterocycles. The molecule has 53 heavy (non-hydrogen) atoms. The molecule has 0 radical (unpaired) electrons. The fourth-order valence-electron chi connectivity index (χ4n) is 8.70. The largest absolute Gasteiger partial charge is 0.433 e. The Bertz CT molecular complexity index is 2190. The van der Waals surface area contributed by atoms with Crippen molar-refractivity contribution in [3.8, 4) is 11.1 Å². The fraction of sp³-hybridized carbons (Fsp3) is 0.459. The number of nitrogens with one attached hydrogen (secondary N) is 2. The zero-order chi connectivity index (χ0) is 37.6. The van der Waals surface area contributed by atoms with E-state index in [4.69, 9.17) is 0 Å². The summed E-state index contributed by atoms with van der Waals surface area (Å²) in [6.45, 7) is 4.96. The van der Waals surface area contributed by atoms with Crippen molar-refractivity contribution in [3.63, 3.8) is 0 Å². The average molecular weight is 731 g/mol. The lowest BCUT2D eigenvalue weighted by Gasteiger charge is -2.24. The second-order valence-corrected chi connectivity index (χ2v) is 14.8. The zero-order valence-electron chi connectivity index (χ0n) is 29.1. The van der Waals surface area contributed by atoms with Crippen LogP contribution in [0.15, 0.2) is 42.7 Å². The van der Waals surface area contributed by atoms with Gasteiger partial charge in [0, 0.05) is 60.6 Å². The molecule has 2 saturated carbocycles. The molecule has 16 heteroatoms. The van der Waals surface area contributed by atoms with Gasteiger partial charge in [0.15, 0.2) is 5.78 Å². The summed E-state index contributed by atoms with van der Waals surface area (Å²) in [6.07, 6.45) is -0.846. The number of benzene rings is 1. The molecule has 1 aromatic carbocycles. The number of carbonyl (C=O) groups is 4. The summed E-state index contributed by atoms with van der Waals surface area (Å²) in [6, 6.07) is 5.53. The van der Waals surface area contributed by atoms with Crippen molar-refractivity contribution >= 4 is 40.2 Å². The van der Waals surface area contributed by atoms with Gasteiger partial charge in [0.2, 0.25) is 17.7 Å². The van der Waals surface area contributed by atoms with E-state index in [0.29, 0.717) is 35.1 Å². The molecule has 276 valence electrons. The number of hydrogen-bond donors (Lipinski definition) is 3. The Balaban J connectivity index is 1.19. The second kappa shape index (κ2) is 12.4. The summed E-state index contributed by atoms with van der Waals surface area (Å²) >= 11 is 0. The molecule has 6 heterocycles. The van der Waals surface area contributed by atoms with Gasteiger partial charge in [0.05, 0.1) is 11.6 Å². The monoisotopic (exact) mass is 730 g/mol. The number of ketones is 1. The molecule has 4 fully saturated rings. The van der Waals surface area contributed by atoms with Crippen LogP contribution in [0, 0.1) is 30.1 Å². The molecule has 2 aliphatic carbocycles. The maximum atomic E-state index is 14.4. The predicted octanol–water partition coefficient (Wildman–Crippen LogP) is 3.72. The lowest BCUT2D eigenvalue weighted by atomic mass is 9.91. The highest BCUT2D eigenvalue weighted by atomic mass is 19.4. The molecule has 3 N–H and O–H groups in total. The van der Waals surface area contributed by atoms with Gasteiger partial charge in [0.25, 0.3) is 0 Å². The Kier molecular flexibility index (Phi) is 8.16. The molecular weight excluding hydrogens is 693 g/mol. The van der Waals surface area contributed by atoms with E-state index in [2.05, 4.69) is 30.7 Å². The maximum absolute atomic E-state index is 14.4. The van der Waals surface area contributed by atoms with Crippen LogP contribution in [0.4, 0.5) is 19.0 Å². The van der Waals surface area contributed by atoms with Crippen molar-refractivity contribution in [1.29, 1.82) is 0 Å². The summed E-state index contributed by atoms with van der Waals surface area (Å²) in [4.78, 5) is 68.0. The Morgan fingerprint density at radius 3 is 2.53 bits per heavy atom. The van der Waals surface area contributed by atoms with E-state index in [1.165, 1.54) is 22.6 Å². The highest BCUT2D eigenvalue weighted by molar-refractivity contribution is 6.07. The third kappa shape index (κ3) is 5.83. The first-order valence-electron chi connectivity index (χ1n) is 17.6. The van der Waals surface area contributed by atoms with Crippen LogP contribution in [0.5, 0.6) is 0 Å². The Hall–Kier alpha value is -5.25. The molecule has 2 saturated heterocycles. The van der Waals surface area contributed by atoms with Gasteiger partial charge in [-0.1, -0.05) is 13.0 Å². The number of rotatable bonds is 4. The van der Waals surface area contributed by atoms with Crippen LogP contribution < -0.4 is 10.6 Å². The predicted molar refractivity (Wildman–Crippen MR) is 183 cm³/mol. The summed E-state index contributed by atoms with van der Waals surface area (Å²) in [5.41, 5.74) is 1.22. The van der Waals surface area contributed by atoms with Crippen LogP contribution in [0.3, 0.4) is 0 Å². The van der Waals surface area contributed by atoms with Crippen molar-refractivity contribution < 1.29 is 37.5 Å². The average Bonchev–Trinajstić information content (AvgIpc) is 3.73. The lowest BCUT2D eigenvalue weighted by Crippen LogP contribution is -2.45. The van der Waals surface area contributed by atoms with Gasteiger partial charge in [-0.05, 0) is 73.4 Å². The van der Waals surface area contributed by atoms with E-state index in [1.807, 2.05) is 19.1 Å². The number of aliphatic hydroxyl groups is 1. The van der Waals surface area contributed by atoms with Crippen LogP contribution in [0.1, 0.15) is 60.7 Å².